The molecule has 0 aliphatic heterocycles. The van der Waals surface area contributed by atoms with E-state index in [2.05, 4.69) is 51.8 Å². The molecule has 0 bridgehead atoms. The van der Waals surface area contributed by atoms with E-state index < -0.39 is 17.2 Å². The molecule has 0 heterocycles. The molecule has 0 radical (unpaired) electrons. The Labute approximate surface area is 351 Å². The summed E-state index contributed by atoms with van der Waals surface area (Å²) in [7, 11) is 0. The summed E-state index contributed by atoms with van der Waals surface area (Å²) in [5.74, 6) is 7.74. The fraction of sp³-hybridized carbons (Fsp3) is 0.960. The number of hydrogen-bond acceptors (Lipinski definition) is 5. The monoisotopic (exact) mass is 801 g/mol. The third-order valence-electron chi connectivity index (χ3n) is 18.6. The minimum atomic E-state index is -0.559. The fourth-order valence-electron chi connectivity index (χ4n) is 16.0. The van der Waals surface area contributed by atoms with E-state index in [0.29, 0.717) is 17.7 Å². The van der Waals surface area contributed by atoms with Crippen molar-refractivity contribution in [3.8, 4) is 0 Å². The molecule has 57 heavy (non-hydrogen) atoms. The second-order valence-corrected chi connectivity index (χ2v) is 21.5. The van der Waals surface area contributed by atoms with Crippen molar-refractivity contribution in [2.45, 2.75) is 197 Å². The van der Waals surface area contributed by atoms with Crippen molar-refractivity contribution in [2.75, 3.05) is 26.2 Å². The number of fused-ring (bicyclic) bond motifs is 10. The standard InChI is InChI=1S/C24H41NO2.C20H32O3.C4H11N.2CH4/c1-5-25(6-2)22(26)21-10-9-20-19-8-7-16-15-23(3,27)13-11-17(16)18(19)12-14-24(20,21)4;1-19(23)9-7-13-12(11-19)3-4-15-14(13)8-10-20(2)16(15)5-6-17(20)18(21)22;1-3-5-4-2;;/h16-21,27H,5-15H2,1-4H3;12-17,23H,3-11H2,1-2H3,(H,21,22);5H,3-4H2,1-2H3;2*1H4/t16-,17+,18-,19-,20+,21-,23-,24+;12-,13+,14-,15-,16+,17-,19-,20+;;;/m11.../s1. The number of aliphatic carboxylic acids is 1. The first-order valence-electron chi connectivity index (χ1n) is 23.7. The molecule has 4 N–H and O–H groups in total. The molecule has 8 fully saturated rings. The molecule has 8 saturated carbocycles. The van der Waals surface area contributed by atoms with Gasteiger partial charge in [0.2, 0.25) is 5.91 Å². The van der Waals surface area contributed by atoms with Gasteiger partial charge in [-0.3, -0.25) is 9.59 Å². The molecule has 8 aliphatic carbocycles. The molecular formula is C50H92N2O5. The molecule has 332 valence electrons. The van der Waals surface area contributed by atoms with Crippen LogP contribution in [0.5, 0.6) is 0 Å². The van der Waals surface area contributed by atoms with Crippen LogP contribution >= 0.6 is 0 Å². The second kappa shape index (κ2) is 19.3. The van der Waals surface area contributed by atoms with E-state index in [4.69, 9.17) is 0 Å². The number of carbonyl (C=O) groups is 2. The van der Waals surface area contributed by atoms with E-state index in [9.17, 15) is 24.9 Å². The van der Waals surface area contributed by atoms with Gasteiger partial charge in [0.25, 0.3) is 0 Å². The highest BCUT2D eigenvalue weighted by atomic mass is 16.4. The Morgan fingerprint density at radius 3 is 1.33 bits per heavy atom. The molecule has 0 aromatic carbocycles. The molecule has 1 amide bonds. The Morgan fingerprint density at radius 1 is 0.544 bits per heavy atom. The van der Waals surface area contributed by atoms with Crippen LogP contribution in [0.4, 0.5) is 0 Å². The van der Waals surface area contributed by atoms with E-state index in [-0.39, 0.29) is 37.5 Å². The summed E-state index contributed by atoms with van der Waals surface area (Å²) in [5.41, 5.74) is -0.599. The summed E-state index contributed by atoms with van der Waals surface area (Å²) in [4.78, 5) is 27.0. The van der Waals surface area contributed by atoms with Crippen LogP contribution in [0.3, 0.4) is 0 Å². The van der Waals surface area contributed by atoms with Crippen LogP contribution < -0.4 is 5.32 Å². The number of carboxylic acid groups (broad SMARTS) is 1. The quantitative estimate of drug-likeness (QED) is 0.213. The summed E-state index contributed by atoms with van der Waals surface area (Å²) in [6.45, 7) is 21.1. The lowest BCUT2D eigenvalue weighted by Gasteiger charge is -2.57. The van der Waals surface area contributed by atoms with E-state index >= 15 is 0 Å². The summed E-state index contributed by atoms with van der Waals surface area (Å²) in [6, 6.07) is 0. The smallest absolute Gasteiger partial charge is 0.307 e. The summed E-state index contributed by atoms with van der Waals surface area (Å²) in [5, 5.41) is 33.7. The third-order valence-corrected chi connectivity index (χ3v) is 18.6. The van der Waals surface area contributed by atoms with Gasteiger partial charge < -0.3 is 25.5 Å². The minimum Gasteiger partial charge on any atom is -0.481 e. The first-order chi connectivity index (χ1) is 26.0. The van der Waals surface area contributed by atoms with Gasteiger partial charge in [-0.05, 0) is 226 Å². The van der Waals surface area contributed by atoms with Crippen LogP contribution in [0.1, 0.15) is 186 Å². The lowest BCUT2D eigenvalue weighted by molar-refractivity contribution is -0.150. The molecule has 16 atom stereocenters. The average Bonchev–Trinajstić information content (AvgIpc) is 3.69. The predicted molar refractivity (Wildman–Crippen MR) is 236 cm³/mol. The number of nitrogens with zero attached hydrogens (tertiary/aromatic N) is 1. The largest absolute Gasteiger partial charge is 0.481 e. The zero-order chi connectivity index (χ0) is 39.9. The molecule has 7 nitrogen and oxygen atoms in total. The first kappa shape index (κ1) is 48.5. The maximum atomic E-state index is 13.2. The lowest BCUT2D eigenvalue weighted by atomic mass is 9.49. The van der Waals surface area contributed by atoms with E-state index in [1.165, 1.54) is 64.2 Å². The summed E-state index contributed by atoms with van der Waals surface area (Å²) >= 11 is 0. The van der Waals surface area contributed by atoms with Crippen LogP contribution in [-0.2, 0) is 9.59 Å². The van der Waals surface area contributed by atoms with Crippen LogP contribution in [0.15, 0.2) is 0 Å². The van der Waals surface area contributed by atoms with Gasteiger partial charge in [0.15, 0.2) is 0 Å². The van der Waals surface area contributed by atoms with Crippen molar-refractivity contribution >= 4 is 11.9 Å². The molecule has 0 unspecified atom stereocenters. The number of aliphatic hydroxyl groups is 2. The SMILES string of the molecule is C.C.CCN(CC)C(=O)[C@H]1CC[C@H]2[C@@H]3CC[C@@H]4C[C@](C)(O)CC[C@@H]4[C@H]3CC[C@]12C.CCNCC.C[C@@]1(O)CC[C@H]2[C@H](CC[C@@H]3[C@@H]2CC[C@]2(C)[C@@H](C(=O)O)CC[C@@H]32)C1. The van der Waals surface area contributed by atoms with E-state index in [0.717, 1.165) is 125 Å². The van der Waals surface area contributed by atoms with Crippen LogP contribution in [0, 0.1) is 81.8 Å². The Hall–Kier alpha value is -1.18. The number of nitrogens with one attached hydrogen (secondary N) is 1. The van der Waals surface area contributed by atoms with Crippen molar-refractivity contribution in [1.82, 2.24) is 10.2 Å². The van der Waals surface area contributed by atoms with Crippen molar-refractivity contribution in [1.29, 1.82) is 0 Å². The van der Waals surface area contributed by atoms with Gasteiger partial charge >= 0.3 is 5.97 Å². The maximum Gasteiger partial charge on any atom is 0.307 e. The highest BCUT2D eigenvalue weighted by molar-refractivity contribution is 5.80. The van der Waals surface area contributed by atoms with Gasteiger partial charge in [0.05, 0.1) is 17.1 Å². The highest BCUT2D eigenvalue weighted by Gasteiger charge is 2.61. The topological polar surface area (TPSA) is 110 Å². The van der Waals surface area contributed by atoms with Gasteiger partial charge in [-0.2, -0.15) is 0 Å². The molecular weight excluding hydrogens is 709 g/mol. The molecule has 8 aliphatic rings. The lowest BCUT2D eigenvalue weighted by Crippen LogP contribution is -2.52. The van der Waals surface area contributed by atoms with Crippen molar-refractivity contribution in [2.24, 2.45) is 81.8 Å². The molecule has 7 heteroatoms. The van der Waals surface area contributed by atoms with Crippen LogP contribution in [-0.4, -0.2) is 69.5 Å². The predicted octanol–water partition coefficient (Wildman–Crippen LogP) is 10.9. The minimum absolute atomic E-state index is 0. The van der Waals surface area contributed by atoms with Gasteiger partial charge in [-0.25, -0.2) is 0 Å². The Balaban J connectivity index is 0.000000221. The van der Waals surface area contributed by atoms with E-state index in [1.807, 2.05) is 13.8 Å². The number of amides is 1. The number of carbonyl (C=O) groups excluding carboxylic acids is 1. The normalized spacial score (nSPS) is 46.4. The molecule has 0 aromatic heterocycles. The molecule has 8 rings (SSSR count). The third kappa shape index (κ3) is 9.51. The first-order valence-corrected chi connectivity index (χ1v) is 23.7. The second-order valence-electron chi connectivity index (χ2n) is 21.5. The van der Waals surface area contributed by atoms with Crippen molar-refractivity contribution in [3.63, 3.8) is 0 Å². The number of rotatable bonds is 6. The zero-order valence-corrected chi connectivity index (χ0v) is 36.6. The van der Waals surface area contributed by atoms with Crippen LogP contribution in [0.25, 0.3) is 0 Å². The van der Waals surface area contributed by atoms with Crippen LogP contribution in [0.2, 0.25) is 0 Å². The van der Waals surface area contributed by atoms with Gasteiger partial charge in [-0.15, -0.1) is 0 Å². The van der Waals surface area contributed by atoms with Gasteiger partial charge in [-0.1, -0.05) is 42.5 Å². The van der Waals surface area contributed by atoms with Gasteiger partial charge in [0.1, 0.15) is 0 Å². The Morgan fingerprint density at radius 2 is 0.947 bits per heavy atom. The van der Waals surface area contributed by atoms with E-state index in [1.54, 1.807) is 0 Å². The van der Waals surface area contributed by atoms with Gasteiger partial charge in [0, 0.05) is 19.0 Å². The zero-order valence-electron chi connectivity index (χ0n) is 36.6. The Bertz CT molecular complexity index is 1310. The maximum absolute atomic E-state index is 13.2. The number of hydrogen-bond donors (Lipinski definition) is 4. The summed E-state index contributed by atoms with van der Waals surface area (Å²) in [6.07, 6.45) is 20.8. The molecule has 0 saturated heterocycles. The fourth-order valence-corrected chi connectivity index (χ4v) is 16.0. The molecule has 0 spiro atoms. The summed E-state index contributed by atoms with van der Waals surface area (Å²) < 4.78 is 0. The Kier molecular flexibility index (Phi) is 16.4. The number of carboxylic acids is 1. The average molecular weight is 801 g/mol. The van der Waals surface area contributed by atoms with Crippen molar-refractivity contribution in [3.05, 3.63) is 0 Å². The highest BCUT2D eigenvalue weighted by Crippen LogP contribution is 2.66. The van der Waals surface area contributed by atoms with Crippen molar-refractivity contribution < 1.29 is 24.9 Å². The molecule has 0 aromatic rings.